The van der Waals surface area contributed by atoms with Crippen LogP contribution in [0.5, 0.6) is 5.75 Å². The molecule has 0 atom stereocenters. The predicted molar refractivity (Wildman–Crippen MR) is 85.4 cm³/mol. The average Bonchev–Trinajstić information content (AvgIpc) is 3.06. The lowest BCUT2D eigenvalue weighted by atomic mass is 10.1. The van der Waals surface area contributed by atoms with Crippen molar-refractivity contribution >= 4 is 23.0 Å². The Balaban J connectivity index is 1.69. The van der Waals surface area contributed by atoms with E-state index in [9.17, 15) is 9.59 Å². The Morgan fingerprint density at radius 1 is 1.23 bits per heavy atom. The molecule has 0 aliphatic rings. The average molecular weight is 318 g/mol. The Morgan fingerprint density at radius 2 is 2.00 bits per heavy atom. The van der Waals surface area contributed by atoms with Crippen molar-refractivity contribution in [3.05, 3.63) is 46.4 Å². The number of aromatic nitrogens is 1. The van der Waals surface area contributed by atoms with Crippen molar-refractivity contribution in [1.29, 1.82) is 0 Å². The van der Waals surface area contributed by atoms with Crippen LogP contribution in [0.4, 0.5) is 0 Å². The molecule has 2 rings (SSSR count). The summed E-state index contributed by atoms with van der Waals surface area (Å²) in [6, 6.07) is 6.89. The number of amides is 1. The number of benzene rings is 1. The maximum atomic E-state index is 12.0. The van der Waals surface area contributed by atoms with Crippen molar-refractivity contribution in [2.75, 3.05) is 13.7 Å². The summed E-state index contributed by atoms with van der Waals surface area (Å²) in [6.45, 7) is 0.541. The number of hydrogen-bond donors (Lipinski definition) is 1. The first-order chi connectivity index (χ1) is 10.7. The van der Waals surface area contributed by atoms with Crippen molar-refractivity contribution in [3.8, 4) is 5.75 Å². The summed E-state index contributed by atoms with van der Waals surface area (Å²) in [6.07, 6.45) is 1.11. The van der Waals surface area contributed by atoms with Gasteiger partial charge in [0.25, 0.3) is 0 Å². The van der Waals surface area contributed by atoms with E-state index in [0.29, 0.717) is 24.3 Å². The second-order valence-corrected chi connectivity index (χ2v) is 5.45. The van der Waals surface area contributed by atoms with Gasteiger partial charge >= 0.3 is 0 Å². The molecule has 1 amide bonds. The molecule has 0 radical (unpaired) electrons. The molecule has 1 N–H and O–H groups in total. The van der Waals surface area contributed by atoms with Crippen molar-refractivity contribution in [1.82, 2.24) is 10.3 Å². The highest BCUT2D eigenvalue weighted by Gasteiger charge is 2.09. The predicted octanol–water partition coefficient (Wildman–Crippen LogP) is 2.47. The number of carbonyl (C=O) groups excluding carboxylic acids is 2. The van der Waals surface area contributed by atoms with Crippen LogP contribution in [-0.4, -0.2) is 30.3 Å². The molecule has 0 spiro atoms. The monoisotopic (exact) mass is 318 g/mol. The Morgan fingerprint density at radius 3 is 2.64 bits per heavy atom. The Hall–Kier alpha value is -2.21. The summed E-state index contributed by atoms with van der Waals surface area (Å²) in [4.78, 5) is 27.8. The third kappa shape index (κ3) is 4.96. The minimum Gasteiger partial charge on any atom is -0.497 e. The van der Waals surface area contributed by atoms with E-state index in [2.05, 4.69) is 10.3 Å². The standard InChI is InChI=1S/C16H18N2O3S/c1-21-14-4-2-12(3-5-14)15(19)6-7-16(20)17-9-8-13-10-22-11-18-13/h2-5,10-11H,6-9H2,1H3,(H,17,20). The molecular weight excluding hydrogens is 300 g/mol. The number of Topliss-reactive ketones (excluding diaryl/α,β-unsaturated/α-hetero) is 1. The van der Waals surface area contributed by atoms with Gasteiger partial charge in [0.1, 0.15) is 5.75 Å². The first-order valence-corrected chi connectivity index (χ1v) is 7.94. The van der Waals surface area contributed by atoms with Gasteiger partial charge in [0, 0.05) is 36.8 Å². The Labute approximate surface area is 133 Å². The molecule has 0 bridgehead atoms. The fourth-order valence-corrected chi connectivity index (χ4v) is 2.52. The molecular formula is C16H18N2O3S. The van der Waals surface area contributed by atoms with E-state index in [1.807, 2.05) is 5.38 Å². The SMILES string of the molecule is COc1ccc(C(=O)CCC(=O)NCCc2cscn2)cc1. The lowest BCUT2D eigenvalue weighted by Gasteiger charge is -2.05. The van der Waals surface area contributed by atoms with E-state index in [1.54, 1.807) is 36.9 Å². The van der Waals surface area contributed by atoms with Crippen LogP contribution in [0.15, 0.2) is 35.2 Å². The lowest BCUT2D eigenvalue weighted by molar-refractivity contribution is -0.121. The number of ketones is 1. The number of rotatable bonds is 8. The van der Waals surface area contributed by atoms with Gasteiger partial charge in [-0.2, -0.15) is 0 Å². The first-order valence-electron chi connectivity index (χ1n) is 7.00. The quantitative estimate of drug-likeness (QED) is 0.759. The number of methoxy groups -OCH3 is 1. The summed E-state index contributed by atoms with van der Waals surface area (Å²) in [7, 11) is 1.58. The van der Waals surface area contributed by atoms with Crippen molar-refractivity contribution in [2.45, 2.75) is 19.3 Å². The molecule has 0 aliphatic carbocycles. The van der Waals surface area contributed by atoms with E-state index >= 15 is 0 Å². The highest BCUT2D eigenvalue weighted by molar-refractivity contribution is 7.07. The van der Waals surface area contributed by atoms with Gasteiger partial charge < -0.3 is 10.1 Å². The highest BCUT2D eigenvalue weighted by atomic mass is 32.1. The van der Waals surface area contributed by atoms with Gasteiger partial charge in [-0.05, 0) is 24.3 Å². The fourth-order valence-electron chi connectivity index (χ4n) is 1.93. The number of carbonyl (C=O) groups is 2. The van der Waals surface area contributed by atoms with Crippen molar-refractivity contribution in [2.24, 2.45) is 0 Å². The van der Waals surface area contributed by atoms with Gasteiger partial charge in [0.15, 0.2) is 5.78 Å². The minimum absolute atomic E-state index is 0.0442. The van der Waals surface area contributed by atoms with Gasteiger partial charge in [-0.25, -0.2) is 4.98 Å². The second kappa shape index (κ2) is 8.29. The molecule has 0 aliphatic heterocycles. The molecule has 0 fully saturated rings. The smallest absolute Gasteiger partial charge is 0.220 e. The number of nitrogens with zero attached hydrogens (tertiary/aromatic N) is 1. The van der Waals surface area contributed by atoms with Gasteiger partial charge in [-0.15, -0.1) is 11.3 Å². The van der Waals surface area contributed by atoms with Crippen LogP contribution in [-0.2, 0) is 11.2 Å². The zero-order valence-corrected chi connectivity index (χ0v) is 13.2. The fraction of sp³-hybridized carbons (Fsp3) is 0.312. The summed E-state index contributed by atoms with van der Waals surface area (Å²) in [5.74, 6) is 0.547. The van der Waals surface area contributed by atoms with Crippen LogP contribution in [0.3, 0.4) is 0 Å². The minimum atomic E-state index is -0.114. The van der Waals surface area contributed by atoms with E-state index in [1.165, 1.54) is 11.3 Å². The van der Waals surface area contributed by atoms with Crippen LogP contribution in [0, 0.1) is 0 Å². The van der Waals surface area contributed by atoms with E-state index in [-0.39, 0.29) is 24.5 Å². The molecule has 0 saturated heterocycles. The number of thiazole rings is 1. The number of nitrogens with one attached hydrogen (secondary N) is 1. The molecule has 2 aromatic rings. The molecule has 5 nitrogen and oxygen atoms in total. The Kier molecular flexibility index (Phi) is 6.09. The molecule has 0 unspecified atom stereocenters. The first kappa shape index (κ1) is 16.2. The normalized spacial score (nSPS) is 10.2. The van der Waals surface area contributed by atoms with Crippen LogP contribution >= 0.6 is 11.3 Å². The zero-order chi connectivity index (χ0) is 15.8. The van der Waals surface area contributed by atoms with Crippen LogP contribution in [0.2, 0.25) is 0 Å². The molecule has 6 heteroatoms. The maximum Gasteiger partial charge on any atom is 0.220 e. The number of hydrogen-bond acceptors (Lipinski definition) is 5. The van der Waals surface area contributed by atoms with E-state index < -0.39 is 0 Å². The summed E-state index contributed by atoms with van der Waals surface area (Å²) >= 11 is 1.54. The molecule has 1 heterocycles. The largest absolute Gasteiger partial charge is 0.497 e. The molecule has 22 heavy (non-hydrogen) atoms. The third-order valence-corrected chi connectivity index (χ3v) is 3.81. The zero-order valence-electron chi connectivity index (χ0n) is 12.4. The van der Waals surface area contributed by atoms with Crippen molar-refractivity contribution in [3.63, 3.8) is 0 Å². The number of ether oxygens (including phenoxy) is 1. The molecule has 0 saturated carbocycles. The maximum absolute atomic E-state index is 12.0. The summed E-state index contributed by atoms with van der Waals surface area (Å²) < 4.78 is 5.04. The topological polar surface area (TPSA) is 68.3 Å². The molecule has 1 aromatic heterocycles. The van der Waals surface area contributed by atoms with Gasteiger partial charge in [-0.3, -0.25) is 9.59 Å². The lowest BCUT2D eigenvalue weighted by Crippen LogP contribution is -2.26. The molecule has 116 valence electrons. The van der Waals surface area contributed by atoms with Gasteiger partial charge in [-0.1, -0.05) is 0 Å². The summed E-state index contributed by atoms with van der Waals surface area (Å²) in [5.41, 5.74) is 3.33. The van der Waals surface area contributed by atoms with Gasteiger partial charge in [0.05, 0.1) is 18.3 Å². The summed E-state index contributed by atoms with van der Waals surface area (Å²) in [5, 5.41) is 4.76. The van der Waals surface area contributed by atoms with Crippen LogP contribution < -0.4 is 10.1 Å². The van der Waals surface area contributed by atoms with Gasteiger partial charge in [0.2, 0.25) is 5.91 Å². The van der Waals surface area contributed by atoms with E-state index in [0.717, 1.165) is 5.69 Å². The van der Waals surface area contributed by atoms with Crippen molar-refractivity contribution < 1.29 is 14.3 Å². The highest BCUT2D eigenvalue weighted by Crippen LogP contribution is 2.13. The van der Waals surface area contributed by atoms with Crippen LogP contribution in [0.25, 0.3) is 0 Å². The third-order valence-electron chi connectivity index (χ3n) is 3.18. The second-order valence-electron chi connectivity index (χ2n) is 4.73. The van der Waals surface area contributed by atoms with Crippen LogP contribution in [0.1, 0.15) is 28.9 Å². The van der Waals surface area contributed by atoms with E-state index in [4.69, 9.17) is 4.74 Å². The molecule has 1 aromatic carbocycles. The Bertz CT molecular complexity index is 609.